The third kappa shape index (κ3) is 54.3. The molecule has 0 saturated carbocycles. The van der Waals surface area contributed by atoms with E-state index in [9.17, 15) is 67.1 Å². The first-order chi connectivity index (χ1) is 57.2. The highest BCUT2D eigenvalue weighted by Gasteiger charge is 2.35. The number of amides is 10. The molecule has 54 heteroatoms. The van der Waals surface area contributed by atoms with Crippen molar-refractivity contribution < 1.29 is 67.1 Å². The number of guanidine groups is 8. The predicted molar refractivity (Wildman–Crippen MR) is 455 cm³/mol. The minimum atomic E-state index is -4.92. The van der Waals surface area contributed by atoms with Crippen LogP contribution in [0, 0.1) is 0 Å². The van der Waals surface area contributed by atoms with Crippen LogP contribution in [0.15, 0.2) is 39.9 Å². The maximum atomic E-state index is 14.9. The van der Waals surface area contributed by atoms with Crippen molar-refractivity contribution in [2.45, 2.75) is 165 Å². The Kier molecular flexibility index (Phi) is 54.8. The molecule has 0 aliphatic carbocycles. The fourth-order valence-corrected chi connectivity index (χ4v) is 12.5. The summed E-state index contributed by atoms with van der Waals surface area (Å²) >= 11 is 0. The lowest BCUT2D eigenvalue weighted by Crippen LogP contribution is -2.60. The molecule has 43 N–H and O–H groups in total. The summed E-state index contributed by atoms with van der Waals surface area (Å²) in [5.41, 5.74) is 94.0. The Balaban J connectivity index is 3.81. The highest BCUT2D eigenvalue weighted by molar-refractivity contribution is 7.48. The van der Waals surface area contributed by atoms with E-state index in [-0.39, 0.29) is 222 Å². The van der Waals surface area contributed by atoms with Crippen molar-refractivity contribution in [2.24, 2.45) is 132 Å². The van der Waals surface area contributed by atoms with Gasteiger partial charge in [0.2, 0.25) is 53.2 Å². The van der Waals surface area contributed by atoms with Crippen molar-refractivity contribution in [3.05, 3.63) is 0 Å². The minimum absolute atomic E-state index is 0.00544. The zero-order valence-electron chi connectivity index (χ0n) is 69.3. The molecule has 1 saturated heterocycles. The molecule has 0 spiro atoms. The van der Waals surface area contributed by atoms with Gasteiger partial charge in [0.25, 0.3) is 5.91 Å². The average Bonchev–Trinajstić information content (AvgIpc) is 0.852. The number of hydrogen-bond acceptors (Lipinski definition) is 27. The third-order valence-electron chi connectivity index (χ3n) is 18.0. The highest BCUT2D eigenvalue weighted by atomic mass is 31.2. The molecule has 0 aromatic carbocycles. The molecule has 0 bridgehead atoms. The van der Waals surface area contributed by atoms with E-state index in [0.29, 0.717) is 45.6 Å². The maximum absolute atomic E-state index is 14.9. The normalized spacial score (nSPS) is 14.9. The van der Waals surface area contributed by atoms with Gasteiger partial charge in [0.1, 0.15) is 48.6 Å². The molecule has 1 rings (SSSR count). The summed E-state index contributed by atoms with van der Waals surface area (Å²) in [6.07, 6.45) is -0.970. The summed E-state index contributed by atoms with van der Waals surface area (Å²) in [6, 6.07) is -11.7. The lowest BCUT2D eigenvalue weighted by atomic mass is 10.0. The quantitative estimate of drug-likeness (QED) is 0.00671. The highest BCUT2D eigenvalue weighted by Crippen LogP contribution is 2.24. The van der Waals surface area contributed by atoms with Gasteiger partial charge < -0.3 is 169 Å². The third-order valence-corrected chi connectivity index (χ3v) is 18.8. The molecule has 8 atom stereocenters. The number of hydrogen-bond donors (Lipinski definition) is 27. The second kappa shape index (κ2) is 61.7. The summed E-state index contributed by atoms with van der Waals surface area (Å²) < 4.78 is 11.9. The van der Waals surface area contributed by atoms with Gasteiger partial charge in [0.05, 0.1) is 25.7 Å². The number of nitrogens with zero attached hydrogens (tertiary/aromatic N) is 12. The summed E-state index contributed by atoms with van der Waals surface area (Å²) in [5, 5.41) is 23.5. The Bertz CT molecular complexity index is 3500. The number of nitrogens with one attached hydrogen (secondary N) is 11. The molecule has 121 heavy (non-hydrogen) atoms. The monoisotopic (exact) mass is 1740 g/mol. The second-order valence-electron chi connectivity index (χ2n) is 28.0. The first kappa shape index (κ1) is 107. The summed E-state index contributed by atoms with van der Waals surface area (Å²) in [4.78, 5) is 218. The van der Waals surface area contributed by atoms with Crippen LogP contribution in [0.2, 0.25) is 0 Å². The molecule has 0 aromatic heterocycles. The summed E-state index contributed by atoms with van der Waals surface area (Å²) in [7, 11) is -4.92. The van der Waals surface area contributed by atoms with Gasteiger partial charge in [-0.25, -0.2) is 5.43 Å². The molecule has 53 nitrogen and oxygen atoms in total. The summed E-state index contributed by atoms with van der Waals surface area (Å²) in [5.74, 6) is -11.1. The Morgan fingerprint density at radius 1 is 0.331 bits per heavy atom. The van der Waals surface area contributed by atoms with Crippen molar-refractivity contribution in [1.82, 2.24) is 78.3 Å². The van der Waals surface area contributed by atoms with Crippen molar-refractivity contribution >= 4 is 121 Å². The molecule has 10 amide bonds. The van der Waals surface area contributed by atoms with Crippen molar-refractivity contribution in [2.75, 3.05) is 144 Å². The Hall–Kier alpha value is -11.5. The molecule has 1 heterocycles. The van der Waals surface area contributed by atoms with E-state index in [1.54, 1.807) is 9.80 Å². The van der Waals surface area contributed by atoms with Gasteiger partial charge >= 0.3 is 0 Å². The van der Waals surface area contributed by atoms with Crippen LogP contribution >= 0.6 is 7.60 Å². The van der Waals surface area contributed by atoms with E-state index in [2.05, 4.69) is 108 Å². The molecule has 1 aliphatic heterocycles. The van der Waals surface area contributed by atoms with Gasteiger partial charge in [-0.2, -0.15) is 0 Å². The van der Waals surface area contributed by atoms with Gasteiger partial charge in [-0.1, -0.05) is 21.4 Å². The van der Waals surface area contributed by atoms with E-state index < -0.39 is 134 Å². The fourth-order valence-electron chi connectivity index (χ4n) is 11.7. The Morgan fingerprint density at radius 3 is 0.818 bits per heavy atom. The number of likely N-dealkylation sites (N-methyl/N-ethyl adjacent to an activating group) is 2. The van der Waals surface area contributed by atoms with Crippen LogP contribution in [-0.4, -0.2) is 325 Å². The van der Waals surface area contributed by atoms with Crippen molar-refractivity contribution in [3.8, 4) is 0 Å². The molecule has 0 unspecified atom stereocenters. The molecular formula is C67H134N39O14P-2. The van der Waals surface area contributed by atoms with Crippen LogP contribution in [0.25, 0.3) is 0 Å². The van der Waals surface area contributed by atoms with Crippen LogP contribution in [0.4, 0.5) is 0 Å². The summed E-state index contributed by atoms with van der Waals surface area (Å²) in [6.45, 7) is 7.37. The number of rotatable bonds is 59. The predicted octanol–water partition coefficient (Wildman–Crippen LogP) is -15.6. The second-order valence-corrected chi connectivity index (χ2v) is 29.5. The standard InChI is InChI=1S/C67H136N39O14P/c1-3-103-29-30-104(4-2)32-35-106(41-121(118,119)120)36-34-105(33-31-103)39-52(110)92-37-51(109)102-93-38-50(108)95-43(14-6-22-85-61(70)71)54(112)97-45(16-8-24-87-63(74)75)56(114)99-47(18-10-26-89-65(78)79)58(116)101-49(20-12-28-91-67(82)83)59(117)100-48(19-11-27-90-66(80)81)57(115)98-46(17-9-25-88-64(76)77)55(113)96-44(15-7-23-86-62(72)73)53(111)94-42(40-107)13-5-21-84-60(68)69/h40,42-49,93H,3-39,41H2,1-2H3,(H,92,110)(H,94,111)(H,95,108)(H,96,113)(H,97,112)(H,98,115)(H,99,114)(H,100,117)(H,101,116)(H,102,109)(H4,68,69,84)(H4,70,71,85)(H4,72,73,86)(H4,74,75,87)(H4,76,77,88)(H4,78,79,89)(H4,80,81,90)(H4,82,83,91)(H2,118,119,120)/p-2/t42-,43-,44+,45+,46-,47+,48+,49+/m1/s1. The SMILES string of the molecule is CCN1CCN(CC)CCN(CP(=O)([O-])[O-])CCN(CC(=O)NCC(=O)NNCC(=O)N[C@H](CCCN=C(N)N)C(=O)N[C@@H](CCCN=C(N)N)C(=O)N[C@@H](CCCN=C(N)N)C(=O)N[C@@H](CCCN=C(N)N)C(=O)N[C@@H](CCCN=C(N)N)C(=O)N[C@H](CCCN=C(N)N)C(=O)N[C@@H](CCCN=C(N)N)C(=O)N[C@@H](C=O)CCCN=C(N)N)CC1. The van der Waals surface area contributed by atoms with Crippen molar-refractivity contribution in [3.63, 3.8) is 0 Å². The van der Waals surface area contributed by atoms with Gasteiger partial charge in [0.15, 0.2) is 47.7 Å². The van der Waals surface area contributed by atoms with E-state index in [1.807, 2.05) is 13.8 Å². The number of aldehydes is 1. The zero-order chi connectivity index (χ0) is 90.8. The number of aliphatic imine (C=N–C) groups is 8. The molecular weight excluding hydrogens is 1610 g/mol. The number of carbonyl (C=O) groups is 11. The maximum Gasteiger partial charge on any atom is 0.253 e. The van der Waals surface area contributed by atoms with Gasteiger partial charge in [-0.3, -0.25) is 103 Å². The average molecular weight is 1740 g/mol. The minimum Gasteiger partial charge on any atom is -0.810 e. The van der Waals surface area contributed by atoms with E-state index in [0.717, 1.165) is 13.1 Å². The molecule has 1 aliphatic rings. The Morgan fingerprint density at radius 2 is 0.570 bits per heavy atom. The number of nitrogens with two attached hydrogens (primary N) is 16. The van der Waals surface area contributed by atoms with E-state index in [4.69, 9.17) is 91.7 Å². The van der Waals surface area contributed by atoms with Crippen molar-refractivity contribution in [1.29, 1.82) is 0 Å². The van der Waals surface area contributed by atoms with E-state index in [1.165, 1.54) is 0 Å². The lowest BCUT2D eigenvalue weighted by Gasteiger charge is -2.38. The van der Waals surface area contributed by atoms with Crippen LogP contribution in [0.1, 0.15) is 117 Å². The largest absolute Gasteiger partial charge is 0.810 e. The van der Waals surface area contributed by atoms with Crippen LogP contribution < -0.4 is 160 Å². The first-order valence-electron chi connectivity index (χ1n) is 39.7. The number of carbonyl (C=O) groups excluding carboxylic acids is 11. The molecule has 0 radical (unpaired) electrons. The van der Waals surface area contributed by atoms with E-state index >= 15 is 0 Å². The zero-order valence-corrected chi connectivity index (χ0v) is 70.2. The lowest BCUT2D eigenvalue weighted by molar-refractivity contribution is -0.315. The number of hydrazine groups is 1. The van der Waals surface area contributed by atoms with Crippen LogP contribution in [-0.2, 0) is 57.3 Å². The first-order valence-corrected chi connectivity index (χ1v) is 41.5. The fraction of sp³-hybridized carbons (Fsp3) is 0.716. The smallest absolute Gasteiger partial charge is 0.253 e. The van der Waals surface area contributed by atoms with Gasteiger partial charge in [-0.15, -0.1) is 0 Å². The molecule has 688 valence electrons. The molecule has 1 fully saturated rings. The van der Waals surface area contributed by atoms with Gasteiger partial charge in [0, 0.05) is 111 Å². The topological polar surface area (TPSA) is 911 Å². The molecule has 0 aromatic rings. The Labute approximate surface area is 703 Å². The van der Waals surface area contributed by atoms with Crippen LogP contribution in [0.5, 0.6) is 0 Å². The van der Waals surface area contributed by atoms with Crippen LogP contribution in [0.3, 0.4) is 0 Å². The van der Waals surface area contributed by atoms with Gasteiger partial charge in [-0.05, 0) is 116 Å².